The van der Waals surface area contributed by atoms with Crippen LogP contribution < -0.4 is 16.4 Å². The van der Waals surface area contributed by atoms with Crippen LogP contribution in [0.5, 0.6) is 5.75 Å². The minimum atomic E-state index is -2.73. The van der Waals surface area contributed by atoms with Crippen LogP contribution in [0.2, 0.25) is 0 Å². The number of nitrogens with two attached hydrogens (primary N) is 2. The van der Waals surface area contributed by atoms with Gasteiger partial charge in [-0.2, -0.15) is 0 Å². The number of aliphatic hydroxyl groups is 2. The van der Waals surface area contributed by atoms with Gasteiger partial charge in [0.25, 0.3) is 5.91 Å². The van der Waals surface area contributed by atoms with Gasteiger partial charge in [0.1, 0.15) is 22.8 Å². The van der Waals surface area contributed by atoms with Gasteiger partial charge in [0, 0.05) is 36.8 Å². The third-order valence-corrected chi connectivity index (χ3v) is 8.78. The van der Waals surface area contributed by atoms with Crippen LogP contribution in [0.25, 0.3) is 11.1 Å². The van der Waals surface area contributed by atoms with E-state index in [9.17, 15) is 34.6 Å². The summed E-state index contributed by atoms with van der Waals surface area (Å²) < 4.78 is 0. The number of aliphatic hydroxyl groups excluding tert-OH is 1. The average molecular weight is 576 g/mol. The number of benzene rings is 2. The molecule has 220 valence electrons. The molecule has 0 bridgehead atoms. The fraction of sp³-hybridized carbons (Fsp3) is 0.367. The molecule has 42 heavy (non-hydrogen) atoms. The Morgan fingerprint density at radius 3 is 2.24 bits per heavy atom. The van der Waals surface area contributed by atoms with E-state index in [1.54, 1.807) is 37.2 Å². The number of ketones is 2. The van der Waals surface area contributed by atoms with E-state index >= 15 is 0 Å². The summed E-state index contributed by atoms with van der Waals surface area (Å²) in [6, 6.07) is 7.84. The fourth-order valence-electron chi connectivity index (χ4n) is 6.87. The number of amides is 1. The van der Waals surface area contributed by atoms with Crippen molar-refractivity contribution in [3.8, 4) is 16.9 Å². The molecule has 0 saturated heterocycles. The zero-order valence-corrected chi connectivity index (χ0v) is 23.9. The van der Waals surface area contributed by atoms with Gasteiger partial charge >= 0.3 is 0 Å². The van der Waals surface area contributed by atoms with E-state index in [-0.39, 0.29) is 24.2 Å². The highest BCUT2D eigenvalue weighted by Crippen LogP contribution is 2.56. The molecule has 5 rings (SSSR count). The summed E-state index contributed by atoms with van der Waals surface area (Å²) in [5.41, 5.74) is 8.75. The predicted octanol–water partition coefficient (Wildman–Crippen LogP) is 1.45. The normalized spacial score (nSPS) is 27.0. The number of phenolic OH excluding ortho intramolecular Hbond substituents is 1. The molecule has 7 N–H and O–H groups in total. The van der Waals surface area contributed by atoms with Crippen LogP contribution in [0.1, 0.15) is 27.9 Å². The number of nitrogens with zero attached hydrogens (tertiary/aromatic N) is 3. The van der Waals surface area contributed by atoms with E-state index in [1.165, 1.54) is 19.0 Å². The van der Waals surface area contributed by atoms with Gasteiger partial charge in [-0.1, -0.05) is 29.8 Å². The van der Waals surface area contributed by atoms with Crippen molar-refractivity contribution in [1.82, 2.24) is 4.90 Å². The minimum Gasteiger partial charge on any atom is -0.508 e. The number of hydrogen-bond acceptors (Lipinski definition) is 11. The maximum Gasteiger partial charge on any atom is 0.255 e. The highest BCUT2D eigenvalue weighted by Gasteiger charge is 2.65. The molecule has 1 amide bonds. The molecule has 12 heteroatoms. The molecular weight excluding hydrogens is 542 g/mol. The van der Waals surface area contributed by atoms with Crippen LogP contribution in [0.4, 0.5) is 5.69 Å². The quantitative estimate of drug-likeness (QED) is 0.257. The largest absolute Gasteiger partial charge is 0.508 e. The number of fused-ring (bicyclic) bond motifs is 3. The molecule has 0 aliphatic heterocycles. The zero-order chi connectivity index (χ0) is 31.0. The van der Waals surface area contributed by atoms with Gasteiger partial charge in [-0.05, 0) is 56.2 Å². The Kier molecular flexibility index (Phi) is 6.64. The summed E-state index contributed by atoms with van der Waals surface area (Å²) in [6.45, 7) is 1.92. The van der Waals surface area contributed by atoms with Crippen LogP contribution in [-0.4, -0.2) is 83.1 Å². The lowest BCUT2D eigenvalue weighted by atomic mass is 9.55. The van der Waals surface area contributed by atoms with Crippen molar-refractivity contribution in [2.45, 2.75) is 36.9 Å². The molecule has 3 aliphatic carbocycles. The van der Waals surface area contributed by atoms with Gasteiger partial charge in [0.2, 0.25) is 0 Å². The van der Waals surface area contributed by atoms with Crippen molar-refractivity contribution in [3.63, 3.8) is 0 Å². The lowest BCUT2D eigenvalue weighted by molar-refractivity contribution is -0.134. The molecule has 12 nitrogen and oxygen atoms in total. The number of anilines is 1. The van der Waals surface area contributed by atoms with Crippen molar-refractivity contribution in [2.24, 2.45) is 22.6 Å². The Balaban J connectivity index is 1.85. The monoisotopic (exact) mass is 575 g/mol. The summed E-state index contributed by atoms with van der Waals surface area (Å²) in [5, 5.41) is 37.7. The van der Waals surface area contributed by atoms with E-state index in [1.807, 2.05) is 19.1 Å². The Bertz CT molecular complexity index is 1640. The first kappa shape index (κ1) is 29.1. The van der Waals surface area contributed by atoms with E-state index < -0.39 is 63.2 Å². The number of carbonyl (C=O) groups excluding carboxylic acids is 3. The number of phenols is 1. The van der Waals surface area contributed by atoms with Crippen molar-refractivity contribution in [3.05, 3.63) is 74.5 Å². The number of carbonyl (C=O) groups is 3. The smallest absolute Gasteiger partial charge is 0.255 e. The minimum absolute atomic E-state index is 0.0637. The molecule has 0 saturated carbocycles. The molecule has 0 heterocycles. The Hall–Kier alpha value is -4.39. The molecule has 3 aliphatic rings. The predicted molar refractivity (Wildman–Crippen MR) is 155 cm³/mol. The van der Waals surface area contributed by atoms with Crippen molar-refractivity contribution in [2.75, 3.05) is 33.1 Å². The summed E-state index contributed by atoms with van der Waals surface area (Å²) in [6.07, 6.45) is -0.313. The van der Waals surface area contributed by atoms with E-state index in [0.29, 0.717) is 22.4 Å². The van der Waals surface area contributed by atoms with Gasteiger partial charge in [-0.15, -0.1) is 4.91 Å². The van der Waals surface area contributed by atoms with Gasteiger partial charge in [0.15, 0.2) is 17.2 Å². The standard InChI is InChI=1S/C30H33N5O7/c1-13-6-8-14(9-7-13)15-10-18(34(2)3)16-11-29(32)12-17-22(35(4)5)25(38)20(28(31)40)27(39)30(17,41)26(33-42)21(29)24(37)19(16)23(15)36/h6-10,17,22,36,39,41H,11-12,32H2,1-5H3,(H2,31,40)/t17-,22-,29+,30-/m0/s1. The molecular formula is C30H33N5O7. The first-order valence-corrected chi connectivity index (χ1v) is 13.3. The van der Waals surface area contributed by atoms with Gasteiger partial charge in [0.05, 0.1) is 17.1 Å². The molecule has 0 aromatic heterocycles. The van der Waals surface area contributed by atoms with Crippen molar-refractivity contribution in [1.29, 1.82) is 0 Å². The zero-order valence-electron chi connectivity index (χ0n) is 23.9. The second-order valence-corrected chi connectivity index (χ2v) is 11.8. The second kappa shape index (κ2) is 9.58. The third kappa shape index (κ3) is 3.82. The summed E-state index contributed by atoms with van der Waals surface area (Å²) in [5.74, 6) is -5.80. The van der Waals surface area contributed by atoms with Crippen molar-refractivity contribution < 1.29 is 29.7 Å². The molecule has 0 radical (unpaired) electrons. The Morgan fingerprint density at radius 2 is 1.71 bits per heavy atom. The average Bonchev–Trinajstić information content (AvgIpc) is 2.89. The van der Waals surface area contributed by atoms with Gasteiger partial charge in [-0.25, -0.2) is 0 Å². The topological polar surface area (TPSA) is 200 Å². The SMILES string of the molecule is Cc1ccc(-c2cc(N(C)C)c3c(c2O)C(=O)C2=C(N=O)[C@]4(O)C(O)=C(C(N)=O)C(=O)[C@@H](N(C)C)[C@@H]4C[C@]2(N)C3)cc1. The van der Waals surface area contributed by atoms with Crippen molar-refractivity contribution >= 4 is 23.2 Å². The van der Waals surface area contributed by atoms with Crippen LogP contribution in [0.3, 0.4) is 0 Å². The highest BCUT2D eigenvalue weighted by molar-refractivity contribution is 6.22. The van der Waals surface area contributed by atoms with Gasteiger partial charge in [-0.3, -0.25) is 19.3 Å². The van der Waals surface area contributed by atoms with Crippen LogP contribution in [-0.2, 0) is 16.0 Å². The molecule has 0 fully saturated rings. The molecule has 2 aromatic carbocycles. The first-order valence-electron chi connectivity index (χ1n) is 13.3. The summed E-state index contributed by atoms with van der Waals surface area (Å²) in [4.78, 5) is 55.8. The number of likely N-dealkylation sites (N-methyl/N-ethyl adjacent to an activating group) is 1. The second-order valence-electron chi connectivity index (χ2n) is 11.8. The number of nitroso groups, excluding NO2 is 1. The van der Waals surface area contributed by atoms with Crippen LogP contribution in [0.15, 0.2) is 58.1 Å². The fourth-order valence-corrected chi connectivity index (χ4v) is 6.87. The number of rotatable bonds is 5. The lowest BCUT2D eigenvalue weighted by Gasteiger charge is -2.53. The van der Waals surface area contributed by atoms with Gasteiger partial charge < -0.3 is 31.7 Å². The summed E-state index contributed by atoms with van der Waals surface area (Å²) >= 11 is 0. The summed E-state index contributed by atoms with van der Waals surface area (Å²) in [7, 11) is 6.60. The van der Waals surface area contributed by atoms with E-state index in [2.05, 4.69) is 5.18 Å². The van der Waals surface area contributed by atoms with E-state index in [4.69, 9.17) is 11.5 Å². The Labute approximate surface area is 241 Å². The first-order chi connectivity index (χ1) is 19.6. The number of Topliss-reactive ketones (excluding diaryl/α,β-unsaturated/α-hetero) is 2. The van der Waals surface area contributed by atoms with Crippen LogP contribution in [0, 0.1) is 17.7 Å². The maximum atomic E-state index is 14.4. The molecule has 4 atom stereocenters. The molecule has 0 unspecified atom stereocenters. The molecule has 2 aromatic rings. The third-order valence-electron chi connectivity index (χ3n) is 8.78. The lowest BCUT2D eigenvalue weighted by Crippen LogP contribution is -2.67. The number of aryl methyl sites for hydroxylation is 1. The van der Waals surface area contributed by atoms with Crippen LogP contribution >= 0.6 is 0 Å². The maximum absolute atomic E-state index is 14.4. The number of hydrogen-bond donors (Lipinski definition) is 5. The molecule has 0 spiro atoms. The van der Waals surface area contributed by atoms with E-state index in [0.717, 1.165) is 5.56 Å². The highest BCUT2D eigenvalue weighted by atomic mass is 16.3. The Morgan fingerprint density at radius 1 is 1.10 bits per heavy atom. The number of aromatic hydroxyl groups is 1. The number of primary amides is 1.